The van der Waals surface area contributed by atoms with Crippen molar-refractivity contribution in [2.24, 2.45) is 0 Å². The molecule has 0 saturated carbocycles. The summed E-state index contributed by atoms with van der Waals surface area (Å²) in [4.78, 5) is 0. The summed E-state index contributed by atoms with van der Waals surface area (Å²) >= 11 is 0. The highest BCUT2D eigenvalue weighted by molar-refractivity contribution is 5.60. The van der Waals surface area contributed by atoms with Gasteiger partial charge in [0.05, 0.1) is 6.04 Å². The summed E-state index contributed by atoms with van der Waals surface area (Å²) in [6, 6.07) is 8.32. The van der Waals surface area contributed by atoms with Crippen molar-refractivity contribution in [1.29, 1.82) is 0 Å². The van der Waals surface area contributed by atoms with Crippen molar-refractivity contribution >= 4 is 0 Å². The molecule has 0 aliphatic heterocycles. The van der Waals surface area contributed by atoms with E-state index in [1.807, 2.05) is 25.2 Å². The van der Waals surface area contributed by atoms with E-state index in [0.29, 0.717) is 11.8 Å². The van der Waals surface area contributed by atoms with E-state index in [0.717, 1.165) is 12.0 Å². The molecule has 0 amide bonds. The van der Waals surface area contributed by atoms with Gasteiger partial charge in [-0.2, -0.15) is 0 Å². The summed E-state index contributed by atoms with van der Waals surface area (Å²) in [7, 11) is 1.90. The van der Waals surface area contributed by atoms with Gasteiger partial charge in [-0.25, -0.2) is 0 Å². The van der Waals surface area contributed by atoms with Gasteiger partial charge in [-0.3, -0.25) is 0 Å². The van der Waals surface area contributed by atoms with Gasteiger partial charge >= 0.3 is 0 Å². The van der Waals surface area contributed by atoms with Crippen LogP contribution in [0.4, 0.5) is 0 Å². The van der Waals surface area contributed by atoms with Crippen LogP contribution in [0.15, 0.2) is 28.7 Å². The van der Waals surface area contributed by atoms with Crippen molar-refractivity contribution < 1.29 is 4.42 Å². The van der Waals surface area contributed by atoms with Crippen molar-refractivity contribution in [2.75, 3.05) is 7.05 Å². The molecule has 1 heterocycles. The molecule has 2 rings (SSSR count). The molecular weight excluding hydrogens is 250 g/mol. The lowest BCUT2D eigenvalue weighted by atomic mass is 9.84. The Labute approximate surface area is 120 Å². The van der Waals surface area contributed by atoms with Crippen molar-refractivity contribution in [3.63, 3.8) is 0 Å². The van der Waals surface area contributed by atoms with E-state index in [1.54, 1.807) is 0 Å². The molecular formula is C16H23N3O. The van der Waals surface area contributed by atoms with Crippen LogP contribution in [0.2, 0.25) is 0 Å². The molecule has 0 radical (unpaired) electrons. The molecule has 0 saturated heterocycles. The van der Waals surface area contributed by atoms with Gasteiger partial charge in [0.25, 0.3) is 0 Å². The smallest absolute Gasteiger partial charge is 0.248 e. The van der Waals surface area contributed by atoms with Crippen LogP contribution in [-0.2, 0) is 5.41 Å². The van der Waals surface area contributed by atoms with Gasteiger partial charge in [0.15, 0.2) is 0 Å². The third kappa shape index (κ3) is 2.90. The number of aromatic nitrogens is 2. The van der Waals surface area contributed by atoms with Gasteiger partial charge in [-0.05, 0) is 30.5 Å². The first-order valence-electron chi connectivity index (χ1n) is 7.08. The average Bonchev–Trinajstić information content (AvgIpc) is 2.89. The number of nitrogens with one attached hydrogen (secondary N) is 1. The van der Waals surface area contributed by atoms with Crippen LogP contribution in [0.25, 0.3) is 11.5 Å². The predicted octanol–water partition coefficient (Wildman–Crippen LogP) is 3.70. The highest BCUT2D eigenvalue weighted by Gasteiger charge is 2.22. The summed E-state index contributed by atoms with van der Waals surface area (Å²) < 4.78 is 5.86. The molecule has 20 heavy (non-hydrogen) atoms. The van der Waals surface area contributed by atoms with Gasteiger partial charge in [0.2, 0.25) is 11.8 Å². The molecule has 108 valence electrons. The second-order valence-electron chi connectivity index (χ2n) is 5.99. The third-order valence-electron chi connectivity index (χ3n) is 3.46. The first-order chi connectivity index (χ1) is 9.47. The highest BCUT2D eigenvalue weighted by Crippen LogP contribution is 2.32. The maximum Gasteiger partial charge on any atom is 0.248 e. The zero-order chi connectivity index (χ0) is 14.8. The SMILES string of the molecule is CCC(NC)c1nnc(-c2ccccc2C(C)(C)C)o1. The standard InChI is InChI=1S/C16H23N3O/c1-6-13(17-5)15-19-18-14(20-15)11-9-7-8-10-12(11)16(2,3)4/h7-10,13,17H,6H2,1-5H3. The minimum atomic E-state index is 0.0401. The monoisotopic (exact) mass is 273 g/mol. The number of benzene rings is 1. The first-order valence-corrected chi connectivity index (χ1v) is 7.08. The normalized spacial score (nSPS) is 13.4. The second kappa shape index (κ2) is 5.75. The Hall–Kier alpha value is -1.68. The number of hydrogen-bond acceptors (Lipinski definition) is 4. The van der Waals surface area contributed by atoms with Crippen LogP contribution < -0.4 is 5.32 Å². The molecule has 1 N–H and O–H groups in total. The zero-order valence-electron chi connectivity index (χ0n) is 12.9. The molecule has 1 unspecified atom stereocenters. The molecule has 0 aliphatic carbocycles. The maximum absolute atomic E-state index is 5.86. The van der Waals surface area contributed by atoms with Crippen molar-refractivity contribution in [3.05, 3.63) is 35.7 Å². The number of nitrogens with zero attached hydrogens (tertiary/aromatic N) is 2. The molecule has 0 spiro atoms. The average molecular weight is 273 g/mol. The molecule has 0 fully saturated rings. The van der Waals surface area contributed by atoms with Crippen LogP contribution in [-0.4, -0.2) is 17.2 Å². The minimum Gasteiger partial charge on any atom is -0.419 e. The Morgan fingerprint density at radius 3 is 2.50 bits per heavy atom. The zero-order valence-corrected chi connectivity index (χ0v) is 12.9. The number of hydrogen-bond donors (Lipinski definition) is 1. The van der Waals surface area contributed by atoms with Crippen LogP contribution in [0.1, 0.15) is 51.6 Å². The fourth-order valence-electron chi connectivity index (χ4n) is 2.31. The summed E-state index contributed by atoms with van der Waals surface area (Å²) in [5.74, 6) is 1.24. The Morgan fingerprint density at radius 2 is 1.90 bits per heavy atom. The van der Waals surface area contributed by atoms with E-state index in [4.69, 9.17) is 4.42 Å². The molecule has 4 nitrogen and oxygen atoms in total. The minimum absolute atomic E-state index is 0.0401. The maximum atomic E-state index is 5.86. The van der Waals surface area contributed by atoms with E-state index in [-0.39, 0.29) is 11.5 Å². The van der Waals surface area contributed by atoms with Crippen LogP contribution in [0.5, 0.6) is 0 Å². The Kier molecular flexibility index (Phi) is 4.23. The van der Waals surface area contributed by atoms with E-state index < -0.39 is 0 Å². The largest absolute Gasteiger partial charge is 0.419 e. The first kappa shape index (κ1) is 14.7. The summed E-state index contributed by atoms with van der Waals surface area (Å²) in [6.45, 7) is 8.65. The van der Waals surface area contributed by atoms with Crippen molar-refractivity contribution in [2.45, 2.75) is 45.6 Å². The lowest BCUT2D eigenvalue weighted by Gasteiger charge is -2.21. The Bertz CT molecular complexity index is 565. The van der Waals surface area contributed by atoms with Crippen LogP contribution in [0, 0.1) is 0 Å². The van der Waals surface area contributed by atoms with Crippen molar-refractivity contribution in [1.82, 2.24) is 15.5 Å². The van der Waals surface area contributed by atoms with Gasteiger partial charge in [-0.1, -0.05) is 45.9 Å². The molecule has 1 atom stereocenters. The van der Waals surface area contributed by atoms with Gasteiger partial charge in [0, 0.05) is 5.56 Å². The van der Waals surface area contributed by atoms with E-state index in [2.05, 4.69) is 49.3 Å². The van der Waals surface area contributed by atoms with E-state index in [1.165, 1.54) is 5.56 Å². The van der Waals surface area contributed by atoms with E-state index >= 15 is 0 Å². The molecule has 1 aromatic carbocycles. The van der Waals surface area contributed by atoms with Crippen molar-refractivity contribution in [3.8, 4) is 11.5 Å². The summed E-state index contributed by atoms with van der Waals surface area (Å²) in [5, 5.41) is 11.6. The summed E-state index contributed by atoms with van der Waals surface area (Å²) in [6.07, 6.45) is 0.916. The van der Waals surface area contributed by atoms with E-state index in [9.17, 15) is 0 Å². The highest BCUT2D eigenvalue weighted by atomic mass is 16.4. The lowest BCUT2D eigenvalue weighted by Crippen LogP contribution is -2.15. The number of rotatable bonds is 4. The van der Waals surface area contributed by atoms with Gasteiger partial charge < -0.3 is 9.73 Å². The quantitative estimate of drug-likeness (QED) is 0.922. The van der Waals surface area contributed by atoms with Gasteiger partial charge in [0.1, 0.15) is 0 Å². The van der Waals surface area contributed by atoms with Crippen LogP contribution >= 0.6 is 0 Å². The molecule has 0 bridgehead atoms. The molecule has 1 aromatic heterocycles. The third-order valence-corrected chi connectivity index (χ3v) is 3.46. The second-order valence-corrected chi connectivity index (χ2v) is 5.99. The molecule has 0 aliphatic rings. The van der Waals surface area contributed by atoms with Crippen LogP contribution in [0.3, 0.4) is 0 Å². The molecule has 4 heteroatoms. The Morgan fingerprint density at radius 1 is 1.20 bits per heavy atom. The Balaban J connectivity index is 2.43. The fourth-order valence-corrected chi connectivity index (χ4v) is 2.31. The summed E-state index contributed by atoms with van der Waals surface area (Å²) in [5.41, 5.74) is 2.27. The topological polar surface area (TPSA) is 51.0 Å². The lowest BCUT2D eigenvalue weighted by molar-refractivity contribution is 0.414. The van der Waals surface area contributed by atoms with Gasteiger partial charge in [-0.15, -0.1) is 10.2 Å². The molecule has 2 aromatic rings. The predicted molar refractivity (Wildman–Crippen MR) is 80.5 cm³/mol. The fraction of sp³-hybridized carbons (Fsp3) is 0.500.